The minimum Gasteiger partial charge on any atom is -0.369 e. The Morgan fingerprint density at radius 3 is 3.05 bits per heavy atom. The van der Waals surface area contributed by atoms with E-state index in [1.807, 2.05) is 12.3 Å². The fourth-order valence-corrected chi connectivity index (χ4v) is 2.94. The number of hydrogen-bond donors (Lipinski definition) is 1. The van der Waals surface area contributed by atoms with Crippen LogP contribution in [0.15, 0.2) is 12.3 Å². The fourth-order valence-electron chi connectivity index (χ4n) is 2.94. The van der Waals surface area contributed by atoms with Crippen molar-refractivity contribution in [3.8, 4) is 0 Å². The summed E-state index contributed by atoms with van der Waals surface area (Å²) in [6.45, 7) is 8.67. The zero-order valence-electron chi connectivity index (χ0n) is 11.6. The van der Waals surface area contributed by atoms with Crippen LogP contribution in [0.5, 0.6) is 0 Å². The van der Waals surface area contributed by atoms with Crippen molar-refractivity contribution in [3.63, 3.8) is 0 Å². The third-order valence-electron chi connectivity index (χ3n) is 4.12. The zero-order chi connectivity index (χ0) is 13.4. The smallest absolute Gasteiger partial charge is 0.202 e. The Labute approximate surface area is 113 Å². The lowest BCUT2D eigenvalue weighted by Crippen LogP contribution is -2.21. The number of aromatic nitrogens is 3. The molecule has 2 aromatic rings. The van der Waals surface area contributed by atoms with Crippen LogP contribution in [0.4, 0.5) is 5.95 Å². The first-order valence-electron chi connectivity index (χ1n) is 6.98. The molecule has 1 unspecified atom stereocenters. The Bertz CT molecular complexity index is 589. The van der Waals surface area contributed by atoms with Crippen molar-refractivity contribution in [2.45, 2.75) is 26.8 Å². The standard InChI is InChI=1S/C14H21N5/c1-3-18-7-5-11(8-18)9-19-13-12(17-14(19)15)10(2)4-6-16-13/h4,6,11H,3,5,7-9H2,1-2H3,(H2,15,17). The van der Waals surface area contributed by atoms with Crippen LogP contribution in [0.2, 0.25) is 0 Å². The molecule has 102 valence electrons. The molecule has 3 heterocycles. The van der Waals surface area contributed by atoms with Gasteiger partial charge in [0.05, 0.1) is 0 Å². The van der Waals surface area contributed by atoms with Crippen LogP contribution in [0.25, 0.3) is 11.2 Å². The Morgan fingerprint density at radius 2 is 2.32 bits per heavy atom. The molecule has 0 saturated carbocycles. The van der Waals surface area contributed by atoms with Gasteiger partial charge in [0.2, 0.25) is 5.95 Å². The molecule has 0 amide bonds. The highest BCUT2D eigenvalue weighted by Gasteiger charge is 2.23. The van der Waals surface area contributed by atoms with Crippen molar-refractivity contribution in [2.75, 3.05) is 25.4 Å². The average Bonchev–Trinajstić information content (AvgIpc) is 2.97. The van der Waals surface area contributed by atoms with Crippen LogP contribution in [0, 0.1) is 12.8 Å². The van der Waals surface area contributed by atoms with Crippen LogP contribution in [0.3, 0.4) is 0 Å². The Kier molecular flexibility index (Phi) is 3.14. The number of aryl methyl sites for hydroxylation is 1. The quantitative estimate of drug-likeness (QED) is 0.910. The summed E-state index contributed by atoms with van der Waals surface area (Å²) < 4.78 is 2.08. The number of hydrogen-bond acceptors (Lipinski definition) is 4. The number of nitrogens with zero attached hydrogens (tertiary/aromatic N) is 4. The van der Waals surface area contributed by atoms with Crippen molar-refractivity contribution in [1.29, 1.82) is 0 Å². The Balaban J connectivity index is 1.89. The van der Waals surface area contributed by atoms with E-state index in [1.54, 1.807) is 0 Å². The molecule has 0 aromatic carbocycles. The highest BCUT2D eigenvalue weighted by Crippen LogP contribution is 2.23. The topological polar surface area (TPSA) is 60.0 Å². The second-order valence-electron chi connectivity index (χ2n) is 5.43. The summed E-state index contributed by atoms with van der Waals surface area (Å²) >= 11 is 0. The minimum absolute atomic E-state index is 0.590. The summed E-state index contributed by atoms with van der Waals surface area (Å²) in [5, 5.41) is 0. The number of imidazole rings is 1. The lowest BCUT2D eigenvalue weighted by Gasteiger charge is -2.14. The van der Waals surface area contributed by atoms with Gasteiger partial charge >= 0.3 is 0 Å². The molecule has 0 bridgehead atoms. The summed E-state index contributed by atoms with van der Waals surface area (Å²) in [5.41, 5.74) is 9.06. The van der Waals surface area contributed by atoms with Gasteiger partial charge in [0.15, 0.2) is 5.65 Å². The normalized spacial score (nSPS) is 20.4. The van der Waals surface area contributed by atoms with E-state index in [2.05, 4.69) is 33.3 Å². The van der Waals surface area contributed by atoms with Gasteiger partial charge in [0.25, 0.3) is 0 Å². The van der Waals surface area contributed by atoms with Crippen molar-refractivity contribution < 1.29 is 0 Å². The number of nitrogens with two attached hydrogens (primary N) is 1. The highest BCUT2D eigenvalue weighted by atomic mass is 15.2. The monoisotopic (exact) mass is 259 g/mol. The number of anilines is 1. The molecule has 5 heteroatoms. The molecule has 5 nitrogen and oxygen atoms in total. The van der Waals surface area contributed by atoms with Crippen molar-refractivity contribution >= 4 is 17.1 Å². The van der Waals surface area contributed by atoms with Gasteiger partial charge in [0, 0.05) is 19.3 Å². The Hall–Kier alpha value is -1.62. The number of rotatable bonds is 3. The van der Waals surface area contributed by atoms with Gasteiger partial charge in [-0.05, 0) is 44.0 Å². The van der Waals surface area contributed by atoms with Gasteiger partial charge < -0.3 is 10.6 Å². The van der Waals surface area contributed by atoms with E-state index in [0.29, 0.717) is 11.9 Å². The summed E-state index contributed by atoms with van der Waals surface area (Å²) in [7, 11) is 0. The summed E-state index contributed by atoms with van der Waals surface area (Å²) in [6, 6.07) is 1.98. The van der Waals surface area contributed by atoms with E-state index in [1.165, 1.54) is 13.0 Å². The number of fused-ring (bicyclic) bond motifs is 1. The predicted octanol–water partition coefficient (Wildman–Crippen LogP) is 1.66. The molecule has 19 heavy (non-hydrogen) atoms. The zero-order valence-corrected chi connectivity index (χ0v) is 11.6. The van der Waals surface area contributed by atoms with E-state index < -0.39 is 0 Å². The first kappa shape index (κ1) is 12.4. The molecule has 0 spiro atoms. The van der Waals surface area contributed by atoms with Gasteiger partial charge in [-0.15, -0.1) is 0 Å². The summed E-state index contributed by atoms with van der Waals surface area (Å²) in [4.78, 5) is 11.4. The Morgan fingerprint density at radius 1 is 1.47 bits per heavy atom. The molecule has 3 rings (SSSR count). The largest absolute Gasteiger partial charge is 0.369 e. The molecule has 2 aromatic heterocycles. The third-order valence-corrected chi connectivity index (χ3v) is 4.12. The first-order chi connectivity index (χ1) is 9.19. The molecule has 1 aliphatic heterocycles. The molecule has 0 aliphatic carbocycles. The molecular weight excluding hydrogens is 238 g/mol. The second-order valence-corrected chi connectivity index (χ2v) is 5.43. The summed E-state index contributed by atoms with van der Waals surface area (Å²) in [5.74, 6) is 1.24. The van der Waals surface area contributed by atoms with Gasteiger partial charge in [-0.25, -0.2) is 9.97 Å². The molecule has 1 aliphatic rings. The van der Waals surface area contributed by atoms with Crippen LogP contribution in [0.1, 0.15) is 18.9 Å². The maximum Gasteiger partial charge on any atom is 0.202 e. The number of nitrogen functional groups attached to an aromatic ring is 1. The average molecular weight is 259 g/mol. The minimum atomic E-state index is 0.590. The van der Waals surface area contributed by atoms with Crippen LogP contribution in [-0.4, -0.2) is 39.1 Å². The van der Waals surface area contributed by atoms with E-state index in [-0.39, 0.29) is 0 Å². The van der Waals surface area contributed by atoms with Crippen LogP contribution in [-0.2, 0) is 6.54 Å². The molecule has 0 radical (unpaired) electrons. The van der Waals surface area contributed by atoms with Crippen molar-refractivity contribution in [2.24, 2.45) is 5.92 Å². The maximum absolute atomic E-state index is 6.07. The van der Waals surface area contributed by atoms with Crippen molar-refractivity contribution in [3.05, 3.63) is 17.8 Å². The second kappa shape index (κ2) is 4.81. The van der Waals surface area contributed by atoms with Crippen LogP contribution < -0.4 is 5.73 Å². The first-order valence-corrected chi connectivity index (χ1v) is 6.98. The van der Waals surface area contributed by atoms with E-state index in [9.17, 15) is 0 Å². The molecule has 1 atom stereocenters. The van der Waals surface area contributed by atoms with Gasteiger partial charge in [-0.3, -0.25) is 4.57 Å². The highest BCUT2D eigenvalue weighted by molar-refractivity contribution is 5.77. The van der Waals surface area contributed by atoms with E-state index in [4.69, 9.17) is 5.73 Å². The lowest BCUT2D eigenvalue weighted by atomic mass is 10.1. The molecule has 2 N–H and O–H groups in total. The summed E-state index contributed by atoms with van der Waals surface area (Å²) in [6.07, 6.45) is 3.07. The van der Waals surface area contributed by atoms with Crippen molar-refractivity contribution in [1.82, 2.24) is 19.4 Å². The molecular formula is C14H21N5. The molecule has 1 fully saturated rings. The SMILES string of the molecule is CCN1CCC(Cn2c(N)nc3c(C)ccnc32)C1. The van der Waals surface area contributed by atoms with E-state index >= 15 is 0 Å². The van der Waals surface area contributed by atoms with Gasteiger partial charge in [0.1, 0.15) is 5.52 Å². The maximum atomic E-state index is 6.07. The van der Waals surface area contributed by atoms with E-state index in [0.717, 1.165) is 36.4 Å². The molecule has 1 saturated heterocycles. The lowest BCUT2D eigenvalue weighted by molar-refractivity contribution is 0.334. The van der Waals surface area contributed by atoms with Gasteiger partial charge in [-0.2, -0.15) is 0 Å². The predicted molar refractivity (Wildman–Crippen MR) is 76.9 cm³/mol. The van der Waals surface area contributed by atoms with Crippen LogP contribution >= 0.6 is 0 Å². The number of pyridine rings is 1. The van der Waals surface area contributed by atoms with Gasteiger partial charge in [-0.1, -0.05) is 6.92 Å². The third kappa shape index (κ3) is 2.18. The number of likely N-dealkylation sites (tertiary alicyclic amines) is 1. The fraction of sp³-hybridized carbons (Fsp3) is 0.571.